The molecule has 0 unspecified atom stereocenters. The Morgan fingerprint density at radius 2 is 2.19 bits per heavy atom. The molecule has 1 saturated heterocycles. The highest BCUT2D eigenvalue weighted by Gasteiger charge is 2.32. The highest BCUT2D eigenvalue weighted by Crippen LogP contribution is 2.22. The first-order valence-electron chi connectivity index (χ1n) is 8.09. The minimum absolute atomic E-state index is 0.123. The molecule has 2 rings (SSSR count). The van der Waals surface area contributed by atoms with E-state index in [-0.39, 0.29) is 18.1 Å². The maximum Gasteiger partial charge on any atom is 0.270 e. The van der Waals surface area contributed by atoms with Crippen LogP contribution in [-0.4, -0.2) is 40.7 Å². The van der Waals surface area contributed by atoms with Gasteiger partial charge >= 0.3 is 0 Å². The SMILES string of the molecule is CCCC[C@@H]1CN(C(=O)c2cccn2C)C[C@H](C(C)C)O1. The number of unbranched alkanes of at least 4 members (excludes halogenated alkanes) is 1. The Hall–Kier alpha value is -1.29. The minimum atomic E-state index is 0.123. The van der Waals surface area contributed by atoms with Crippen LogP contribution in [0.1, 0.15) is 50.5 Å². The third kappa shape index (κ3) is 3.88. The number of carbonyl (C=O) groups excluding carboxylic acids is 1. The van der Waals surface area contributed by atoms with Crippen molar-refractivity contribution in [2.24, 2.45) is 13.0 Å². The average molecular weight is 292 g/mol. The van der Waals surface area contributed by atoms with Crippen LogP contribution in [0.2, 0.25) is 0 Å². The minimum Gasteiger partial charge on any atom is -0.371 e. The van der Waals surface area contributed by atoms with Crippen molar-refractivity contribution in [1.82, 2.24) is 9.47 Å². The Bertz CT molecular complexity index is 467. The van der Waals surface area contributed by atoms with E-state index in [0.29, 0.717) is 19.0 Å². The molecule has 4 heteroatoms. The molecule has 1 aromatic rings. The summed E-state index contributed by atoms with van der Waals surface area (Å²) in [5, 5.41) is 0. The van der Waals surface area contributed by atoms with Crippen molar-refractivity contribution in [2.45, 2.75) is 52.2 Å². The quantitative estimate of drug-likeness (QED) is 0.836. The van der Waals surface area contributed by atoms with Gasteiger partial charge in [-0.1, -0.05) is 33.6 Å². The number of aryl methyl sites for hydroxylation is 1. The van der Waals surface area contributed by atoms with E-state index in [1.807, 2.05) is 34.8 Å². The Balaban J connectivity index is 2.10. The van der Waals surface area contributed by atoms with Crippen LogP contribution < -0.4 is 0 Å². The highest BCUT2D eigenvalue weighted by molar-refractivity contribution is 5.92. The third-order valence-corrected chi connectivity index (χ3v) is 4.26. The normalized spacial score (nSPS) is 22.8. The van der Waals surface area contributed by atoms with E-state index >= 15 is 0 Å². The van der Waals surface area contributed by atoms with E-state index < -0.39 is 0 Å². The lowest BCUT2D eigenvalue weighted by Crippen LogP contribution is -2.51. The maximum absolute atomic E-state index is 12.7. The van der Waals surface area contributed by atoms with E-state index in [4.69, 9.17) is 4.74 Å². The van der Waals surface area contributed by atoms with E-state index in [1.54, 1.807) is 0 Å². The summed E-state index contributed by atoms with van der Waals surface area (Å²) in [6.45, 7) is 7.93. The summed E-state index contributed by atoms with van der Waals surface area (Å²) in [6.07, 6.45) is 5.60. The monoisotopic (exact) mass is 292 g/mol. The van der Waals surface area contributed by atoms with Crippen molar-refractivity contribution in [3.05, 3.63) is 24.0 Å². The number of aromatic nitrogens is 1. The molecule has 0 bridgehead atoms. The molecule has 0 N–H and O–H groups in total. The van der Waals surface area contributed by atoms with Crippen LogP contribution in [0.5, 0.6) is 0 Å². The van der Waals surface area contributed by atoms with Gasteiger partial charge in [-0.25, -0.2) is 0 Å². The molecular formula is C17H28N2O2. The van der Waals surface area contributed by atoms with Gasteiger partial charge in [0.25, 0.3) is 5.91 Å². The predicted molar refractivity (Wildman–Crippen MR) is 84.3 cm³/mol. The number of hydrogen-bond donors (Lipinski definition) is 0. The number of nitrogens with zero attached hydrogens (tertiary/aromatic N) is 2. The van der Waals surface area contributed by atoms with Gasteiger partial charge in [0.1, 0.15) is 5.69 Å². The predicted octanol–water partition coefficient (Wildman–Crippen LogP) is 3.08. The largest absolute Gasteiger partial charge is 0.371 e. The third-order valence-electron chi connectivity index (χ3n) is 4.26. The first kappa shape index (κ1) is 16.1. The van der Waals surface area contributed by atoms with Crippen LogP contribution in [0.25, 0.3) is 0 Å². The molecule has 0 radical (unpaired) electrons. The van der Waals surface area contributed by atoms with Crippen molar-refractivity contribution < 1.29 is 9.53 Å². The molecule has 1 aliphatic heterocycles. The number of morpholine rings is 1. The topological polar surface area (TPSA) is 34.5 Å². The summed E-state index contributed by atoms with van der Waals surface area (Å²) in [6, 6.07) is 3.81. The van der Waals surface area contributed by atoms with Crippen LogP contribution in [0.3, 0.4) is 0 Å². The zero-order valence-corrected chi connectivity index (χ0v) is 13.7. The molecule has 118 valence electrons. The molecule has 1 aromatic heterocycles. The molecule has 0 aliphatic carbocycles. The van der Waals surface area contributed by atoms with E-state index in [9.17, 15) is 4.79 Å². The highest BCUT2D eigenvalue weighted by atomic mass is 16.5. The second kappa shape index (κ2) is 7.12. The van der Waals surface area contributed by atoms with Crippen molar-refractivity contribution in [1.29, 1.82) is 0 Å². The van der Waals surface area contributed by atoms with Crippen LogP contribution in [0, 0.1) is 5.92 Å². The van der Waals surface area contributed by atoms with E-state index in [2.05, 4.69) is 20.8 Å². The van der Waals surface area contributed by atoms with Gasteiger partial charge in [-0.05, 0) is 24.5 Å². The lowest BCUT2D eigenvalue weighted by molar-refractivity contribution is -0.0964. The summed E-state index contributed by atoms with van der Waals surface area (Å²) < 4.78 is 8.07. The Kier molecular flexibility index (Phi) is 5.45. The smallest absolute Gasteiger partial charge is 0.270 e. The standard InChI is InChI=1S/C17H28N2O2/c1-5-6-8-14-11-19(12-16(21-14)13(2)3)17(20)15-9-7-10-18(15)4/h7,9-10,13-14,16H,5-6,8,11-12H2,1-4H3/t14-,16-/m1/s1. The number of hydrogen-bond acceptors (Lipinski definition) is 2. The molecule has 0 saturated carbocycles. The number of rotatable bonds is 5. The maximum atomic E-state index is 12.7. The van der Waals surface area contributed by atoms with Crippen LogP contribution in [-0.2, 0) is 11.8 Å². The van der Waals surface area contributed by atoms with Crippen LogP contribution >= 0.6 is 0 Å². The fourth-order valence-electron chi connectivity index (χ4n) is 2.84. The van der Waals surface area contributed by atoms with Gasteiger partial charge in [-0.2, -0.15) is 0 Å². The van der Waals surface area contributed by atoms with Crippen molar-refractivity contribution in [2.75, 3.05) is 13.1 Å². The fraction of sp³-hybridized carbons (Fsp3) is 0.706. The molecule has 21 heavy (non-hydrogen) atoms. The molecule has 2 atom stereocenters. The van der Waals surface area contributed by atoms with E-state index in [1.165, 1.54) is 0 Å². The average Bonchev–Trinajstić information content (AvgIpc) is 2.90. The summed E-state index contributed by atoms with van der Waals surface area (Å²) in [4.78, 5) is 14.7. The molecule has 4 nitrogen and oxygen atoms in total. The molecule has 1 amide bonds. The van der Waals surface area contributed by atoms with Crippen LogP contribution in [0.4, 0.5) is 0 Å². The number of carbonyl (C=O) groups is 1. The van der Waals surface area contributed by atoms with Gasteiger partial charge in [0.15, 0.2) is 0 Å². The van der Waals surface area contributed by atoms with Gasteiger partial charge in [0, 0.05) is 26.3 Å². The first-order chi connectivity index (χ1) is 10.0. The molecule has 1 aliphatic rings. The zero-order chi connectivity index (χ0) is 15.4. The zero-order valence-electron chi connectivity index (χ0n) is 13.7. The van der Waals surface area contributed by atoms with Crippen molar-refractivity contribution in [3.8, 4) is 0 Å². The summed E-state index contributed by atoms with van der Waals surface area (Å²) >= 11 is 0. The van der Waals surface area contributed by atoms with E-state index in [0.717, 1.165) is 25.0 Å². The van der Waals surface area contributed by atoms with Gasteiger partial charge in [0.05, 0.1) is 12.2 Å². The lowest BCUT2D eigenvalue weighted by Gasteiger charge is -2.40. The molecule has 1 fully saturated rings. The van der Waals surface area contributed by atoms with Gasteiger partial charge in [-0.3, -0.25) is 4.79 Å². The molecule has 2 heterocycles. The van der Waals surface area contributed by atoms with Gasteiger partial charge in [-0.15, -0.1) is 0 Å². The molecule has 0 aromatic carbocycles. The fourth-order valence-corrected chi connectivity index (χ4v) is 2.84. The second-order valence-electron chi connectivity index (χ2n) is 6.40. The Morgan fingerprint density at radius 3 is 2.76 bits per heavy atom. The molecule has 0 spiro atoms. The van der Waals surface area contributed by atoms with Gasteiger partial charge < -0.3 is 14.2 Å². The number of amides is 1. The summed E-state index contributed by atoms with van der Waals surface area (Å²) in [7, 11) is 1.92. The summed E-state index contributed by atoms with van der Waals surface area (Å²) in [5.74, 6) is 0.552. The number of ether oxygens (including phenoxy) is 1. The van der Waals surface area contributed by atoms with Crippen molar-refractivity contribution in [3.63, 3.8) is 0 Å². The van der Waals surface area contributed by atoms with Gasteiger partial charge in [0.2, 0.25) is 0 Å². The first-order valence-corrected chi connectivity index (χ1v) is 8.09. The van der Waals surface area contributed by atoms with Crippen LogP contribution in [0.15, 0.2) is 18.3 Å². The second-order valence-corrected chi connectivity index (χ2v) is 6.40. The Morgan fingerprint density at radius 1 is 1.43 bits per heavy atom. The lowest BCUT2D eigenvalue weighted by atomic mass is 10.0. The van der Waals surface area contributed by atoms with Crippen molar-refractivity contribution >= 4 is 5.91 Å². The summed E-state index contributed by atoms with van der Waals surface area (Å²) in [5.41, 5.74) is 0.758. The Labute approximate surface area is 128 Å². The molecular weight excluding hydrogens is 264 g/mol.